The van der Waals surface area contributed by atoms with Crippen molar-refractivity contribution in [2.24, 2.45) is 23.2 Å². The van der Waals surface area contributed by atoms with Crippen LogP contribution < -0.4 is 21.5 Å². The van der Waals surface area contributed by atoms with Crippen LogP contribution in [0.1, 0.15) is 80.6 Å². The Kier molecular flexibility index (Phi) is 13.6. The second-order valence-corrected chi connectivity index (χ2v) is 13.8. The number of terminal acetylenes is 1. The minimum atomic E-state index is -0.927. The standard InChI is InChI=1S/C38H54N4O5/c1-9-10-20-38(41-42-38)22-19-33(44)40-32-17-16-31-23-26(3)14-15-27(4)36(28(5)35(46)29(6)39-30(7)43)47-34(45)13-11-12-25(2)18-21-37(31,8)24-32/h1,11-18,21,23,27-29,31-32,35-36,41-42,46H,10,19-20,22,24H2,2-8H3,(H,39,43)(H,40,44)/b13-11+,15-14+,21-18+,25-12-,26-23+/t27-,28-,29-,31-,32-,35+,36-,37-/m1/s1. The average Bonchev–Trinajstić information content (AvgIpc) is 3.79. The Balaban J connectivity index is 1.84. The zero-order chi connectivity index (χ0) is 34.8. The van der Waals surface area contributed by atoms with Crippen LogP contribution in [0.4, 0.5) is 0 Å². The fourth-order valence-corrected chi connectivity index (χ4v) is 6.36. The van der Waals surface area contributed by atoms with Gasteiger partial charge in [-0.15, -0.1) is 12.3 Å². The fourth-order valence-electron chi connectivity index (χ4n) is 6.36. The van der Waals surface area contributed by atoms with Gasteiger partial charge in [0.15, 0.2) is 0 Å². The molecule has 0 bridgehead atoms. The summed E-state index contributed by atoms with van der Waals surface area (Å²) in [5.41, 5.74) is 7.76. The molecule has 9 heteroatoms. The van der Waals surface area contributed by atoms with E-state index < -0.39 is 30.1 Å². The van der Waals surface area contributed by atoms with Gasteiger partial charge in [0, 0.05) is 49.6 Å². The number of aliphatic hydroxyl groups is 1. The molecule has 256 valence electrons. The summed E-state index contributed by atoms with van der Waals surface area (Å²) in [6, 6.07) is -0.628. The van der Waals surface area contributed by atoms with Crippen molar-refractivity contribution in [3.05, 3.63) is 71.9 Å². The molecule has 0 saturated carbocycles. The summed E-state index contributed by atoms with van der Waals surface area (Å²) in [5, 5.41) is 17.0. The number of hydrogen-bond donors (Lipinski definition) is 5. The molecule has 3 rings (SSSR count). The Bertz CT molecular complexity index is 1360. The third-order valence-corrected chi connectivity index (χ3v) is 9.47. The van der Waals surface area contributed by atoms with E-state index in [4.69, 9.17) is 11.2 Å². The number of cyclic esters (lactones) is 1. The highest BCUT2D eigenvalue weighted by atomic mass is 16.5. The van der Waals surface area contributed by atoms with Crippen LogP contribution in [0.25, 0.3) is 0 Å². The van der Waals surface area contributed by atoms with Crippen molar-refractivity contribution >= 4 is 17.8 Å². The van der Waals surface area contributed by atoms with Gasteiger partial charge in [-0.1, -0.05) is 86.6 Å². The number of aliphatic hydroxyl groups excluding tert-OH is 1. The number of esters is 1. The molecule has 8 atom stereocenters. The summed E-state index contributed by atoms with van der Waals surface area (Å²) in [6.07, 6.45) is 26.7. The molecule has 0 radical (unpaired) electrons. The molecule has 0 aromatic carbocycles. The predicted octanol–water partition coefficient (Wildman–Crippen LogP) is 4.70. The topological polar surface area (TPSA) is 149 Å². The SMILES string of the molecule is C#CCCC1(CCC(=O)N[C@@H]2C=C[C@@H]3/C=C(C)/C=C/[C@@H](C)[C@H]([C@H](C)[C@H](O)[C@@H](C)NC(C)=O)OC(=O)/C=C/C=C(C)\C=C\[C@]3(C)C2)NN1. The highest BCUT2D eigenvalue weighted by molar-refractivity contribution is 5.82. The van der Waals surface area contributed by atoms with Crippen molar-refractivity contribution in [2.45, 2.75) is 111 Å². The van der Waals surface area contributed by atoms with Gasteiger partial charge in [-0.2, -0.15) is 0 Å². The van der Waals surface area contributed by atoms with Gasteiger partial charge in [0.2, 0.25) is 11.8 Å². The van der Waals surface area contributed by atoms with Crippen LogP contribution in [0.3, 0.4) is 0 Å². The van der Waals surface area contributed by atoms with E-state index in [2.05, 4.69) is 64.7 Å². The number of carbonyl (C=O) groups excluding carboxylic acids is 3. The molecule has 47 heavy (non-hydrogen) atoms. The molecule has 0 aromatic rings. The van der Waals surface area contributed by atoms with Crippen LogP contribution in [0, 0.1) is 35.5 Å². The van der Waals surface area contributed by atoms with E-state index in [-0.39, 0.29) is 40.8 Å². The van der Waals surface area contributed by atoms with E-state index in [1.807, 2.05) is 45.9 Å². The quantitative estimate of drug-likeness (QED) is 0.100. The first-order valence-electron chi connectivity index (χ1n) is 16.7. The summed E-state index contributed by atoms with van der Waals surface area (Å²) in [6.45, 7) is 13.1. The summed E-state index contributed by atoms with van der Waals surface area (Å²) in [4.78, 5) is 37.5. The van der Waals surface area contributed by atoms with Crippen molar-refractivity contribution in [1.29, 1.82) is 0 Å². The smallest absolute Gasteiger partial charge is 0.331 e. The first-order valence-corrected chi connectivity index (χ1v) is 16.7. The van der Waals surface area contributed by atoms with Gasteiger partial charge in [0.25, 0.3) is 0 Å². The van der Waals surface area contributed by atoms with Gasteiger partial charge in [0.1, 0.15) is 6.10 Å². The fraction of sp³-hybridized carbons (Fsp3) is 0.553. The maximum Gasteiger partial charge on any atom is 0.331 e. The molecular formula is C38H54N4O5. The number of allylic oxidation sites excluding steroid dienone is 9. The normalized spacial score (nSPS) is 33.5. The summed E-state index contributed by atoms with van der Waals surface area (Å²) in [5.74, 6) is 1.31. The van der Waals surface area contributed by atoms with Crippen molar-refractivity contribution in [3.63, 3.8) is 0 Å². The minimum Gasteiger partial charge on any atom is -0.458 e. The van der Waals surface area contributed by atoms with Gasteiger partial charge in [-0.3, -0.25) is 9.59 Å². The number of carbonyl (C=O) groups is 3. The predicted molar refractivity (Wildman–Crippen MR) is 186 cm³/mol. The lowest BCUT2D eigenvalue weighted by atomic mass is 9.68. The molecular weight excluding hydrogens is 592 g/mol. The number of ether oxygens (including phenoxy) is 1. The second kappa shape index (κ2) is 16.9. The Morgan fingerprint density at radius 3 is 2.51 bits per heavy atom. The Hall–Kier alpha value is -3.71. The summed E-state index contributed by atoms with van der Waals surface area (Å²) in [7, 11) is 0. The van der Waals surface area contributed by atoms with Crippen LogP contribution in [0.15, 0.2) is 71.9 Å². The molecule has 2 aliphatic heterocycles. The van der Waals surface area contributed by atoms with Crippen molar-refractivity contribution < 1.29 is 24.2 Å². The zero-order valence-electron chi connectivity index (χ0n) is 29.0. The maximum atomic E-state index is 13.0. The van der Waals surface area contributed by atoms with E-state index in [1.165, 1.54) is 13.0 Å². The van der Waals surface area contributed by atoms with Gasteiger partial charge >= 0.3 is 5.97 Å². The first kappa shape index (κ1) is 37.7. The molecule has 1 saturated heterocycles. The number of hydrogen-bond acceptors (Lipinski definition) is 7. The molecule has 2 amide bonds. The molecule has 9 nitrogen and oxygen atoms in total. The lowest BCUT2D eigenvalue weighted by Gasteiger charge is -2.39. The molecule has 3 aliphatic rings. The Morgan fingerprint density at radius 2 is 1.85 bits per heavy atom. The molecule has 1 aliphatic carbocycles. The second-order valence-electron chi connectivity index (χ2n) is 13.8. The number of fused-ring (bicyclic) bond motifs is 1. The van der Waals surface area contributed by atoms with Crippen LogP contribution in [-0.2, 0) is 19.1 Å². The Labute approximate surface area is 281 Å². The number of rotatable bonds is 10. The molecule has 2 heterocycles. The van der Waals surface area contributed by atoms with Crippen molar-refractivity contribution in [2.75, 3.05) is 0 Å². The lowest BCUT2D eigenvalue weighted by molar-refractivity contribution is -0.151. The van der Waals surface area contributed by atoms with Crippen LogP contribution in [0.5, 0.6) is 0 Å². The third kappa shape index (κ3) is 11.5. The van der Waals surface area contributed by atoms with E-state index in [9.17, 15) is 19.5 Å². The van der Waals surface area contributed by atoms with Gasteiger partial charge < -0.3 is 20.5 Å². The van der Waals surface area contributed by atoms with Crippen LogP contribution in [-0.4, -0.2) is 52.8 Å². The van der Waals surface area contributed by atoms with Crippen LogP contribution in [0.2, 0.25) is 0 Å². The van der Waals surface area contributed by atoms with E-state index >= 15 is 0 Å². The molecule has 5 N–H and O–H groups in total. The highest BCUT2D eigenvalue weighted by Crippen LogP contribution is 2.41. The number of amides is 2. The highest BCUT2D eigenvalue weighted by Gasteiger charge is 2.41. The van der Waals surface area contributed by atoms with E-state index in [0.717, 1.165) is 24.0 Å². The lowest BCUT2D eigenvalue weighted by Crippen LogP contribution is -2.48. The number of nitrogens with one attached hydrogen (secondary N) is 4. The van der Waals surface area contributed by atoms with E-state index in [1.54, 1.807) is 13.0 Å². The third-order valence-electron chi connectivity index (χ3n) is 9.47. The van der Waals surface area contributed by atoms with E-state index in [0.29, 0.717) is 19.3 Å². The average molecular weight is 647 g/mol. The maximum absolute atomic E-state index is 13.0. The van der Waals surface area contributed by atoms with Gasteiger partial charge in [-0.25, -0.2) is 15.6 Å². The largest absolute Gasteiger partial charge is 0.458 e. The van der Waals surface area contributed by atoms with Crippen molar-refractivity contribution in [3.8, 4) is 12.3 Å². The summed E-state index contributed by atoms with van der Waals surface area (Å²) >= 11 is 0. The van der Waals surface area contributed by atoms with Crippen molar-refractivity contribution in [1.82, 2.24) is 21.5 Å². The molecule has 0 unspecified atom stereocenters. The first-order chi connectivity index (χ1) is 22.2. The molecule has 1 fully saturated rings. The zero-order valence-corrected chi connectivity index (χ0v) is 29.0. The summed E-state index contributed by atoms with van der Waals surface area (Å²) < 4.78 is 5.90. The monoisotopic (exact) mass is 646 g/mol. The van der Waals surface area contributed by atoms with Gasteiger partial charge in [-0.05, 0) is 45.4 Å². The minimum absolute atomic E-state index is 0.00609. The van der Waals surface area contributed by atoms with Gasteiger partial charge in [0.05, 0.1) is 17.8 Å². The van der Waals surface area contributed by atoms with Crippen LogP contribution >= 0.6 is 0 Å². The Morgan fingerprint density at radius 1 is 1.13 bits per heavy atom. The molecule has 0 aromatic heterocycles. The molecule has 0 spiro atoms. The number of hydrazine groups is 1.